The maximum Gasteiger partial charge on any atom is 0.407 e. The molecule has 184 valence electrons. The van der Waals surface area contributed by atoms with E-state index < -0.39 is 5.60 Å². The normalized spacial score (nSPS) is 18.7. The third-order valence-electron chi connectivity index (χ3n) is 5.63. The number of alkyl carbamates (subject to hydrolysis) is 1. The van der Waals surface area contributed by atoms with E-state index in [9.17, 15) is 9.59 Å². The Kier molecular flexibility index (Phi) is 10.2. The first-order valence-electron chi connectivity index (χ1n) is 11.7. The van der Waals surface area contributed by atoms with Gasteiger partial charge in [0.15, 0.2) is 5.96 Å². The molecule has 1 aliphatic heterocycles. The average Bonchev–Trinajstić information content (AvgIpc) is 3.10. The molecule has 1 aromatic carbocycles. The van der Waals surface area contributed by atoms with Gasteiger partial charge in [0.1, 0.15) is 5.60 Å². The molecule has 0 aromatic heterocycles. The molecule has 3 N–H and O–H groups in total. The molecule has 1 aliphatic carbocycles. The molecule has 8 nitrogen and oxygen atoms in total. The van der Waals surface area contributed by atoms with Gasteiger partial charge in [-0.1, -0.05) is 18.6 Å². The molecule has 2 fully saturated rings. The Balaban J connectivity index is 0.00000385. The molecule has 3 rings (SSSR count). The number of amides is 2. The zero-order valence-electron chi connectivity index (χ0n) is 20.1. The van der Waals surface area contributed by atoms with Crippen molar-refractivity contribution in [2.75, 3.05) is 25.0 Å². The van der Waals surface area contributed by atoms with Gasteiger partial charge in [-0.2, -0.15) is 0 Å². The standard InChI is InChI=1S/C24H37N5O3.HI/c1-5-25-22(29-13-12-20(16-29)28-23(31)32-24(2,3)4)26-15-17-8-6-11-19(14-17)27-21(30)18-9-7-10-18;/h6,8,11,14,18,20H,5,7,9-10,12-13,15-16H2,1-4H3,(H,25,26)(H,27,30)(H,28,31);1H. The maximum atomic E-state index is 12.2. The predicted octanol–water partition coefficient (Wildman–Crippen LogP) is 4.11. The number of nitrogens with one attached hydrogen (secondary N) is 3. The van der Waals surface area contributed by atoms with Crippen LogP contribution in [0.4, 0.5) is 10.5 Å². The highest BCUT2D eigenvalue weighted by atomic mass is 127. The lowest BCUT2D eigenvalue weighted by molar-refractivity contribution is -0.122. The summed E-state index contributed by atoms with van der Waals surface area (Å²) in [4.78, 5) is 31.3. The van der Waals surface area contributed by atoms with Crippen LogP contribution in [0.2, 0.25) is 0 Å². The second kappa shape index (κ2) is 12.4. The van der Waals surface area contributed by atoms with Crippen LogP contribution in [0.15, 0.2) is 29.3 Å². The van der Waals surface area contributed by atoms with Gasteiger partial charge in [0.05, 0.1) is 12.6 Å². The number of rotatable bonds is 6. The van der Waals surface area contributed by atoms with E-state index in [4.69, 9.17) is 9.73 Å². The van der Waals surface area contributed by atoms with E-state index in [1.54, 1.807) is 0 Å². The number of ether oxygens (including phenoxy) is 1. The molecule has 1 atom stereocenters. The molecule has 1 unspecified atom stereocenters. The van der Waals surface area contributed by atoms with Crippen molar-refractivity contribution < 1.29 is 14.3 Å². The Labute approximate surface area is 214 Å². The molecule has 1 aromatic rings. The number of anilines is 1. The van der Waals surface area contributed by atoms with E-state index in [-0.39, 0.29) is 47.9 Å². The van der Waals surface area contributed by atoms with E-state index in [1.807, 2.05) is 52.0 Å². The van der Waals surface area contributed by atoms with Crippen LogP contribution in [0.25, 0.3) is 0 Å². The Morgan fingerprint density at radius 3 is 2.61 bits per heavy atom. The predicted molar refractivity (Wildman–Crippen MR) is 142 cm³/mol. The molecule has 9 heteroatoms. The summed E-state index contributed by atoms with van der Waals surface area (Å²) in [5.41, 5.74) is 1.35. The van der Waals surface area contributed by atoms with Gasteiger partial charge in [-0.05, 0) is 64.7 Å². The number of halogens is 1. The molecule has 1 saturated carbocycles. The summed E-state index contributed by atoms with van der Waals surface area (Å²) in [5.74, 6) is 1.10. The largest absolute Gasteiger partial charge is 0.444 e. The fourth-order valence-corrected chi connectivity index (χ4v) is 3.80. The summed E-state index contributed by atoms with van der Waals surface area (Å²) < 4.78 is 5.37. The van der Waals surface area contributed by atoms with Crippen molar-refractivity contribution in [1.29, 1.82) is 0 Å². The number of benzene rings is 1. The molecule has 0 radical (unpaired) electrons. The van der Waals surface area contributed by atoms with Crippen molar-refractivity contribution in [3.8, 4) is 0 Å². The number of nitrogens with zero attached hydrogens (tertiary/aromatic N) is 2. The lowest BCUT2D eigenvalue weighted by Crippen LogP contribution is -2.44. The highest BCUT2D eigenvalue weighted by Gasteiger charge is 2.28. The number of hydrogen-bond acceptors (Lipinski definition) is 4. The first-order valence-corrected chi connectivity index (χ1v) is 11.7. The van der Waals surface area contributed by atoms with Gasteiger partial charge in [-0.15, -0.1) is 24.0 Å². The van der Waals surface area contributed by atoms with Crippen molar-refractivity contribution in [1.82, 2.24) is 15.5 Å². The fraction of sp³-hybridized carbons (Fsp3) is 0.625. The van der Waals surface area contributed by atoms with Crippen LogP contribution in [0.1, 0.15) is 58.9 Å². The maximum absolute atomic E-state index is 12.2. The molecule has 0 spiro atoms. The zero-order valence-corrected chi connectivity index (χ0v) is 22.5. The number of likely N-dealkylation sites (tertiary alicyclic amines) is 1. The lowest BCUT2D eigenvalue weighted by atomic mass is 9.85. The highest BCUT2D eigenvalue weighted by molar-refractivity contribution is 14.0. The van der Waals surface area contributed by atoms with Gasteiger partial charge in [-0.25, -0.2) is 9.79 Å². The van der Waals surface area contributed by atoms with Gasteiger partial charge >= 0.3 is 6.09 Å². The van der Waals surface area contributed by atoms with Crippen LogP contribution in [0.5, 0.6) is 0 Å². The smallest absolute Gasteiger partial charge is 0.407 e. The Morgan fingerprint density at radius 1 is 1.21 bits per heavy atom. The lowest BCUT2D eigenvalue weighted by Gasteiger charge is -2.24. The van der Waals surface area contributed by atoms with Gasteiger partial charge < -0.3 is 25.6 Å². The van der Waals surface area contributed by atoms with Crippen LogP contribution in [-0.2, 0) is 16.1 Å². The minimum absolute atomic E-state index is 0. The first-order chi connectivity index (χ1) is 15.2. The monoisotopic (exact) mass is 571 g/mol. The molecule has 1 saturated heterocycles. The van der Waals surface area contributed by atoms with Crippen molar-refractivity contribution in [3.05, 3.63) is 29.8 Å². The van der Waals surface area contributed by atoms with Crippen molar-refractivity contribution in [2.45, 2.75) is 71.6 Å². The third kappa shape index (κ3) is 8.68. The average molecular weight is 572 g/mol. The van der Waals surface area contributed by atoms with Crippen LogP contribution in [0, 0.1) is 5.92 Å². The topological polar surface area (TPSA) is 95.1 Å². The van der Waals surface area contributed by atoms with Crippen molar-refractivity contribution in [3.63, 3.8) is 0 Å². The molecular weight excluding hydrogens is 533 g/mol. The molecule has 2 aliphatic rings. The van der Waals surface area contributed by atoms with E-state index in [0.717, 1.165) is 56.0 Å². The van der Waals surface area contributed by atoms with E-state index in [2.05, 4.69) is 20.9 Å². The fourth-order valence-electron chi connectivity index (χ4n) is 3.80. The molecule has 2 amide bonds. The number of carbonyl (C=O) groups is 2. The quantitative estimate of drug-likeness (QED) is 0.272. The SMILES string of the molecule is CCNC(=NCc1cccc(NC(=O)C2CCC2)c1)N1CCC(NC(=O)OC(C)(C)C)C1.I. The number of hydrogen-bond donors (Lipinski definition) is 3. The van der Waals surface area contributed by atoms with E-state index in [1.165, 1.54) is 0 Å². The van der Waals surface area contributed by atoms with E-state index in [0.29, 0.717) is 13.1 Å². The first kappa shape index (κ1) is 27.2. The van der Waals surface area contributed by atoms with Crippen LogP contribution >= 0.6 is 24.0 Å². The van der Waals surface area contributed by atoms with Gasteiger partial charge in [-0.3, -0.25) is 4.79 Å². The van der Waals surface area contributed by atoms with Crippen molar-refractivity contribution >= 4 is 47.6 Å². The number of aliphatic imine (C=N–C) groups is 1. The summed E-state index contributed by atoms with van der Waals surface area (Å²) >= 11 is 0. The van der Waals surface area contributed by atoms with Crippen LogP contribution in [0.3, 0.4) is 0 Å². The number of carbonyl (C=O) groups excluding carboxylic acids is 2. The molecular formula is C24H38IN5O3. The summed E-state index contributed by atoms with van der Waals surface area (Å²) in [7, 11) is 0. The van der Waals surface area contributed by atoms with Crippen LogP contribution < -0.4 is 16.0 Å². The summed E-state index contributed by atoms with van der Waals surface area (Å²) in [6.07, 6.45) is 3.58. The second-order valence-electron chi connectivity index (χ2n) is 9.57. The minimum atomic E-state index is -0.509. The van der Waals surface area contributed by atoms with Crippen LogP contribution in [-0.4, -0.2) is 54.1 Å². The summed E-state index contributed by atoms with van der Waals surface area (Å²) in [6, 6.07) is 7.90. The summed E-state index contributed by atoms with van der Waals surface area (Å²) in [6.45, 7) is 10.4. The number of guanidine groups is 1. The third-order valence-corrected chi connectivity index (χ3v) is 5.63. The Hall–Kier alpha value is -2.04. The van der Waals surface area contributed by atoms with Gasteiger partial charge in [0.2, 0.25) is 5.91 Å². The van der Waals surface area contributed by atoms with Gasteiger partial charge in [0, 0.05) is 31.2 Å². The molecule has 33 heavy (non-hydrogen) atoms. The molecule has 1 heterocycles. The Morgan fingerprint density at radius 2 is 1.97 bits per heavy atom. The molecule has 0 bridgehead atoms. The minimum Gasteiger partial charge on any atom is -0.444 e. The second-order valence-corrected chi connectivity index (χ2v) is 9.57. The Bertz CT molecular complexity index is 836. The summed E-state index contributed by atoms with van der Waals surface area (Å²) in [5, 5.41) is 9.33. The van der Waals surface area contributed by atoms with Crippen molar-refractivity contribution in [2.24, 2.45) is 10.9 Å². The van der Waals surface area contributed by atoms with Gasteiger partial charge in [0.25, 0.3) is 0 Å². The van der Waals surface area contributed by atoms with E-state index >= 15 is 0 Å². The highest BCUT2D eigenvalue weighted by Crippen LogP contribution is 2.27. The zero-order chi connectivity index (χ0) is 23.1.